The molecule has 106 valence electrons. The number of fused-ring (bicyclic) bond motifs is 1. The van der Waals surface area contributed by atoms with Crippen LogP contribution in [0.3, 0.4) is 0 Å². The minimum absolute atomic E-state index is 0.225. The van der Waals surface area contributed by atoms with E-state index in [2.05, 4.69) is 35.0 Å². The molecule has 0 spiro atoms. The molecule has 20 heavy (non-hydrogen) atoms. The highest BCUT2D eigenvalue weighted by atomic mass is 79.9. The number of hydrogen-bond acceptors (Lipinski definition) is 3. The van der Waals surface area contributed by atoms with E-state index < -0.39 is 0 Å². The van der Waals surface area contributed by atoms with Gasteiger partial charge in [-0.05, 0) is 44.0 Å². The van der Waals surface area contributed by atoms with Crippen LogP contribution in [0.25, 0.3) is 0 Å². The molecule has 2 N–H and O–H groups in total. The predicted octanol–water partition coefficient (Wildman–Crippen LogP) is 3.95. The van der Waals surface area contributed by atoms with Gasteiger partial charge in [-0.3, -0.25) is 0 Å². The van der Waals surface area contributed by atoms with Gasteiger partial charge in [0.2, 0.25) is 0 Å². The van der Waals surface area contributed by atoms with E-state index in [0.717, 1.165) is 51.5 Å². The molecule has 3 nitrogen and oxygen atoms in total. The number of furan rings is 1. The zero-order valence-electron chi connectivity index (χ0n) is 11.9. The Morgan fingerprint density at radius 3 is 2.60 bits per heavy atom. The van der Waals surface area contributed by atoms with Gasteiger partial charge in [0.1, 0.15) is 17.3 Å². The lowest BCUT2D eigenvalue weighted by Gasteiger charge is -2.17. The van der Waals surface area contributed by atoms with E-state index in [1.165, 1.54) is 5.56 Å². The molecular weight excluding hydrogens is 318 g/mol. The summed E-state index contributed by atoms with van der Waals surface area (Å²) >= 11 is 3.56. The molecule has 0 fully saturated rings. The monoisotopic (exact) mass is 335 g/mol. The Bertz CT molecular complexity index is 676. The maximum absolute atomic E-state index is 6.51. The van der Waals surface area contributed by atoms with Crippen molar-refractivity contribution >= 4 is 15.9 Å². The summed E-state index contributed by atoms with van der Waals surface area (Å²) in [7, 11) is 0. The molecule has 1 aliphatic heterocycles. The molecule has 1 aromatic carbocycles. The minimum Gasteiger partial charge on any atom is -0.493 e. The van der Waals surface area contributed by atoms with Gasteiger partial charge in [0.15, 0.2) is 0 Å². The van der Waals surface area contributed by atoms with Crippen molar-refractivity contribution in [1.82, 2.24) is 0 Å². The third-order valence-electron chi connectivity index (χ3n) is 4.04. The first-order chi connectivity index (χ1) is 9.49. The highest BCUT2D eigenvalue weighted by Crippen LogP contribution is 2.40. The maximum Gasteiger partial charge on any atom is 0.127 e. The Morgan fingerprint density at radius 1 is 1.20 bits per heavy atom. The quantitative estimate of drug-likeness (QED) is 0.903. The van der Waals surface area contributed by atoms with E-state index >= 15 is 0 Å². The Balaban J connectivity index is 2.14. The normalized spacial score (nSPS) is 15.1. The summed E-state index contributed by atoms with van der Waals surface area (Å²) in [5, 5.41) is 0. The first kappa shape index (κ1) is 13.7. The molecule has 0 aliphatic carbocycles. The summed E-state index contributed by atoms with van der Waals surface area (Å²) in [6.45, 7) is 6.72. The zero-order chi connectivity index (χ0) is 14.4. The standard InChI is InChI=1S/C16H18BrNO2/c1-8-9(2)20-10(3)14(8)15(18)13-7-12(17)6-11-4-5-19-16(11)13/h6-7,15H,4-5,18H2,1-3H3. The van der Waals surface area contributed by atoms with Crippen molar-refractivity contribution in [3.05, 3.63) is 50.4 Å². The van der Waals surface area contributed by atoms with Gasteiger partial charge in [-0.15, -0.1) is 0 Å². The number of halogens is 1. The van der Waals surface area contributed by atoms with Gasteiger partial charge in [0.25, 0.3) is 0 Å². The summed E-state index contributed by atoms with van der Waals surface area (Å²) in [5.74, 6) is 2.76. The Labute approximate surface area is 127 Å². The van der Waals surface area contributed by atoms with Gasteiger partial charge in [-0.1, -0.05) is 15.9 Å². The molecule has 4 heteroatoms. The second-order valence-electron chi connectivity index (χ2n) is 5.31. The fourth-order valence-corrected chi connectivity index (χ4v) is 3.47. The molecule has 1 aliphatic rings. The second-order valence-corrected chi connectivity index (χ2v) is 6.23. The number of nitrogens with two attached hydrogens (primary N) is 1. The van der Waals surface area contributed by atoms with E-state index in [9.17, 15) is 0 Å². The topological polar surface area (TPSA) is 48.4 Å². The highest BCUT2D eigenvalue weighted by molar-refractivity contribution is 9.10. The molecule has 2 heterocycles. The van der Waals surface area contributed by atoms with Crippen molar-refractivity contribution in [1.29, 1.82) is 0 Å². The van der Waals surface area contributed by atoms with Crippen molar-refractivity contribution in [3.63, 3.8) is 0 Å². The van der Waals surface area contributed by atoms with Gasteiger partial charge in [0, 0.05) is 22.0 Å². The molecule has 1 atom stereocenters. The van der Waals surface area contributed by atoms with Crippen LogP contribution < -0.4 is 10.5 Å². The van der Waals surface area contributed by atoms with Crippen LogP contribution in [-0.2, 0) is 6.42 Å². The molecule has 3 rings (SSSR count). The number of hydrogen-bond donors (Lipinski definition) is 1. The van der Waals surface area contributed by atoms with Crippen molar-refractivity contribution in [2.75, 3.05) is 6.61 Å². The van der Waals surface area contributed by atoms with E-state index in [-0.39, 0.29) is 6.04 Å². The summed E-state index contributed by atoms with van der Waals surface area (Å²) < 4.78 is 12.5. The summed E-state index contributed by atoms with van der Waals surface area (Å²) in [4.78, 5) is 0. The number of benzene rings is 1. The van der Waals surface area contributed by atoms with Crippen LogP contribution in [0.5, 0.6) is 5.75 Å². The van der Waals surface area contributed by atoms with E-state index in [1.807, 2.05) is 13.8 Å². The van der Waals surface area contributed by atoms with E-state index in [0.29, 0.717) is 0 Å². The summed E-state index contributed by atoms with van der Waals surface area (Å²) in [5.41, 5.74) is 11.0. The smallest absolute Gasteiger partial charge is 0.127 e. The van der Waals surface area contributed by atoms with Gasteiger partial charge < -0.3 is 14.9 Å². The average Bonchev–Trinajstić information content (AvgIpc) is 2.93. The third-order valence-corrected chi connectivity index (χ3v) is 4.50. The molecule has 0 saturated heterocycles. The van der Waals surface area contributed by atoms with Gasteiger partial charge in [-0.25, -0.2) is 0 Å². The van der Waals surface area contributed by atoms with Crippen LogP contribution in [0.1, 0.15) is 39.8 Å². The van der Waals surface area contributed by atoms with Crippen LogP contribution >= 0.6 is 15.9 Å². The zero-order valence-corrected chi connectivity index (χ0v) is 13.5. The number of rotatable bonds is 2. The predicted molar refractivity (Wildman–Crippen MR) is 82.3 cm³/mol. The van der Waals surface area contributed by atoms with Crippen molar-refractivity contribution in [3.8, 4) is 5.75 Å². The van der Waals surface area contributed by atoms with Gasteiger partial charge >= 0.3 is 0 Å². The third kappa shape index (κ3) is 2.07. The lowest BCUT2D eigenvalue weighted by atomic mass is 9.94. The fourth-order valence-electron chi connectivity index (χ4n) is 2.95. The van der Waals surface area contributed by atoms with Gasteiger partial charge in [-0.2, -0.15) is 0 Å². The average molecular weight is 336 g/mol. The largest absolute Gasteiger partial charge is 0.493 e. The first-order valence-corrected chi connectivity index (χ1v) is 7.55. The Morgan fingerprint density at radius 2 is 1.95 bits per heavy atom. The molecule has 1 aromatic heterocycles. The Hall–Kier alpha value is -1.26. The van der Waals surface area contributed by atoms with Crippen LogP contribution in [0.15, 0.2) is 21.0 Å². The second kappa shape index (κ2) is 4.93. The number of aryl methyl sites for hydroxylation is 2. The lowest BCUT2D eigenvalue weighted by molar-refractivity contribution is 0.352. The Kier molecular flexibility index (Phi) is 3.38. The molecule has 0 bridgehead atoms. The summed E-state index contributed by atoms with van der Waals surface area (Å²) in [6.07, 6.45) is 0.941. The van der Waals surface area contributed by atoms with E-state index in [4.69, 9.17) is 14.9 Å². The molecule has 1 unspecified atom stereocenters. The molecular formula is C16H18BrNO2. The van der Waals surface area contributed by atoms with Crippen LogP contribution in [0.2, 0.25) is 0 Å². The van der Waals surface area contributed by atoms with E-state index in [1.54, 1.807) is 0 Å². The molecule has 2 aromatic rings. The van der Waals surface area contributed by atoms with Crippen LogP contribution in [0, 0.1) is 20.8 Å². The van der Waals surface area contributed by atoms with Crippen molar-refractivity contribution in [2.24, 2.45) is 5.73 Å². The van der Waals surface area contributed by atoms with Crippen LogP contribution in [-0.4, -0.2) is 6.61 Å². The minimum atomic E-state index is -0.225. The first-order valence-electron chi connectivity index (χ1n) is 6.76. The number of ether oxygens (including phenoxy) is 1. The van der Waals surface area contributed by atoms with Crippen molar-refractivity contribution in [2.45, 2.75) is 33.2 Å². The lowest BCUT2D eigenvalue weighted by Crippen LogP contribution is -2.14. The highest BCUT2D eigenvalue weighted by Gasteiger charge is 2.26. The maximum atomic E-state index is 6.51. The fraction of sp³-hybridized carbons (Fsp3) is 0.375. The SMILES string of the molecule is Cc1oc(C)c(C(N)c2cc(Br)cc3c2OCC3)c1C. The van der Waals surface area contributed by atoms with Crippen LogP contribution in [0.4, 0.5) is 0 Å². The molecule has 0 radical (unpaired) electrons. The molecule has 0 amide bonds. The summed E-state index contributed by atoms with van der Waals surface area (Å²) in [6, 6.07) is 3.94. The van der Waals surface area contributed by atoms with Crippen molar-refractivity contribution < 1.29 is 9.15 Å². The molecule has 0 saturated carbocycles. The van der Waals surface area contributed by atoms with Gasteiger partial charge in [0.05, 0.1) is 12.6 Å².